The van der Waals surface area contributed by atoms with Crippen LogP contribution in [-0.2, 0) is 4.74 Å². The number of thiophene rings is 1. The van der Waals surface area contributed by atoms with Crippen LogP contribution in [-0.4, -0.2) is 12.5 Å². The molecule has 0 aliphatic carbocycles. The molecule has 0 spiro atoms. The molecule has 1 amide bonds. The molecule has 0 saturated heterocycles. The van der Waals surface area contributed by atoms with Crippen molar-refractivity contribution in [3.05, 3.63) is 46.8 Å². The van der Waals surface area contributed by atoms with Crippen LogP contribution in [0.1, 0.15) is 35.2 Å². The molecule has 1 heterocycles. The number of carbonyl (C=O) groups is 1. The molecule has 4 heteroatoms. The van der Waals surface area contributed by atoms with E-state index in [1.807, 2.05) is 32.0 Å². The third kappa shape index (κ3) is 3.22. The lowest BCUT2D eigenvalue weighted by Crippen LogP contribution is -2.07. The SMILES string of the molecule is CCOC(C)c1ccc(-c2ccc(C(N)=O)s2)cc1. The molecule has 1 aromatic heterocycles. The fraction of sp³-hybridized carbons (Fsp3) is 0.267. The van der Waals surface area contributed by atoms with Gasteiger partial charge in [-0.1, -0.05) is 24.3 Å². The highest BCUT2D eigenvalue weighted by atomic mass is 32.1. The summed E-state index contributed by atoms with van der Waals surface area (Å²) in [6.45, 7) is 4.73. The molecule has 0 radical (unpaired) electrons. The Bertz CT molecular complexity index is 560. The second kappa shape index (κ2) is 5.99. The van der Waals surface area contributed by atoms with Crippen LogP contribution < -0.4 is 5.73 Å². The van der Waals surface area contributed by atoms with Crippen LogP contribution in [0.15, 0.2) is 36.4 Å². The molecular weight excluding hydrogens is 258 g/mol. The average Bonchev–Trinajstić information content (AvgIpc) is 2.89. The summed E-state index contributed by atoms with van der Waals surface area (Å²) in [5.41, 5.74) is 7.50. The third-order valence-corrected chi connectivity index (χ3v) is 4.08. The third-order valence-electron chi connectivity index (χ3n) is 2.93. The lowest BCUT2D eigenvalue weighted by atomic mass is 10.1. The van der Waals surface area contributed by atoms with Gasteiger partial charge in [-0.15, -0.1) is 11.3 Å². The predicted molar refractivity (Wildman–Crippen MR) is 78.3 cm³/mol. The molecule has 2 aromatic rings. The normalized spacial score (nSPS) is 12.3. The highest BCUT2D eigenvalue weighted by Crippen LogP contribution is 2.29. The van der Waals surface area contributed by atoms with Crippen molar-refractivity contribution in [2.45, 2.75) is 20.0 Å². The van der Waals surface area contributed by atoms with Gasteiger partial charge in [0.25, 0.3) is 5.91 Å². The van der Waals surface area contributed by atoms with E-state index in [-0.39, 0.29) is 12.0 Å². The van der Waals surface area contributed by atoms with Crippen LogP contribution in [0, 0.1) is 0 Å². The van der Waals surface area contributed by atoms with Gasteiger partial charge in [0.1, 0.15) is 0 Å². The zero-order valence-corrected chi connectivity index (χ0v) is 11.9. The number of primary amides is 1. The van der Waals surface area contributed by atoms with Crippen molar-refractivity contribution in [1.29, 1.82) is 0 Å². The maximum atomic E-state index is 11.1. The molecule has 2 rings (SSSR count). The van der Waals surface area contributed by atoms with E-state index in [9.17, 15) is 4.79 Å². The largest absolute Gasteiger partial charge is 0.374 e. The lowest BCUT2D eigenvalue weighted by Gasteiger charge is -2.12. The zero-order valence-electron chi connectivity index (χ0n) is 11.1. The minimum Gasteiger partial charge on any atom is -0.374 e. The average molecular weight is 275 g/mol. The first-order valence-electron chi connectivity index (χ1n) is 6.23. The van der Waals surface area contributed by atoms with Crippen molar-refractivity contribution < 1.29 is 9.53 Å². The standard InChI is InChI=1S/C15H17NO2S/c1-3-18-10(2)11-4-6-12(7-5-11)13-8-9-14(19-13)15(16)17/h4-10H,3H2,1-2H3,(H2,16,17). The second-order valence-corrected chi connectivity index (χ2v) is 5.33. The van der Waals surface area contributed by atoms with Crippen LogP contribution in [0.2, 0.25) is 0 Å². The number of carbonyl (C=O) groups excluding carboxylic acids is 1. The molecule has 1 aromatic carbocycles. The van der Waals surface area contributed by atoms with Crippen LogP contribution >= 0.6 is 11.3 Å². The number of ether oxygens (including phenoxy) is 1. The molecule has 19 heavy (non-hydrogen) atoms. The molecule has 100 valence electrons. The smallest absolute Gasteiger partial charge is 0.258 e. The zero-order chi connectivity index (χ0) is 13.8. The van der Waals surface area contributed by atoms with Gasteiger partial charge in [0, 0.05) is 11.5 Å². The number of amides is 1. The lowest BCUT2D eigenvalue weighted by molar-refractivity contribution is 0.0764. The Labute approximate surface area is 117 Å². The molecule has 3 nitrogen and oxygen atoms in total. The van der Waals surface area contributed by atoms with Crippen molar-refractivity contribution in [2.24, 2.45) is 5.73 Å². The molecule has 1 unspecified atom stereocenters. The van der Waals surface area contributed by atoms with E-state index in [4.69, 9.17) is 10.5 Å². The minimum atomic E-state index is -0.377. The highest BCUT2D eigenvalue weighted by Gasteiger charge is 2.08. The first kappa shape index (κ1) is 13.8. The van der Waals surface area contributed by atoms with Crippen LogP contribution in [0.25, 0.3) is 10.4 Å². The number of hydrogen-bond donors (Lipinski definition) is 1. The summed E-state index contributed by atoms with van der Waals surface area (Å²) in [6.07, 6.45) is 0.101. The van der Waals surface area contributed by atoms with E-state index >= 15 is 0 Å². The number of hydrogen-bond acceptors (Lipinski definition) is 3. The monoisotopic (exact) mass is 275 g/mol. The first-order chi connectivity index (χ1) is 9.11. The van der Waals surface area contributed by atoms with E-state index in [0.717, 1.165) is 16.0 Å². The van der Waals surface area contributed by atoms with Crippen molar-refractivity contribution in [3.63, 3.8) is 0 Å². The fourth-order valence-corrected chi connectivity index (χ4v) is 2.75. The Morgan fingerprint density at radius 1 is 1.26 bits per heavy atom. The minimum absolute atomic E-state index is 0.101. The summed E-state index contributed by atoms with van der Waals surface area (Å²) in [4.78, 5) is 12.7. The van der Waals surface area contributed by atoms with E-state index in [1.165, 1.54) is 11.3 Å². The topological polar surface area (TPSA) is 52.3 Å². The van der Waals surface area contributed by atoms with Crippen LogP contribution in [0.5, 0.6) is 0 Å². The van der Waals surface area contributed by atoms with Crippen molar-refractivity contribution >= 4 is 17.2 Å². The van der Waals surface area contributed by atoms with Gasteiger partial charge in [0.2, 0.25) is 0 Å². The van der Waals surface area contributed by atoms with Crippen molar-refractivity contribution in [1.82, 2.24) is 0 Å². The summed E-state index contributed by atoms with van der Waals surface area (Å²) in [7, 11) is 0. The van der Waals surface area contributed by atoms with Crippen LogP contribution in [0.3, 0.4) is 0 Å². The number of benzene rings is 1. The summed E-state index contributed by atoms with van der Waals surface area (Å²) in [6, 6.07) is 11.9. The van der Waals surface area contributed by atoms with Gasteiger partial charge in [-0.3, -0.25) is 4.79 Å². The van der Waals surface area contributed by atoms with Crippen LogP contribution in [0.4, 0.5) is 0 Å². The summed E-state index contributed by atoms with van der Waals surface area (Å²) < 4.78 is 5.55. The molecule has 0 aliphatic heterocycles. The summed E-state index contributed by atoms with van der Waals surface area (Å²) >= 11 is 1.41. The van der Waals surface area contributed by atoms with Gasteiger partial charge in [-0.25, -0.2) is 0 Å². The molecule has 0 fully saturated rings. The maximum absolute atomic E-state index is 11.1. The molecule has 0 aliphatic rings. The van der Waals surface area contributed by atoms with Crippen molar-refractivity contribution in [3.8, 4) is 10.4 Å². The van der Waals surface area contributed by atoms with E-state index in [2.05, 4.69) is 12.1 Å². The predicted octanol–water partition coefficient (Wildman–Crippen LogP) is 3.61. The second-order valence-electron chi connectivity index (χ2n) is 4.25. The molecule has 0 bridgehead atoms. The van der Waals surface area contributed by atoms with Gasteiger partial charge in [-0.05, 0) is 37.1 Å². The summed E-state index contributed by atoms with van der Waals surface area (Å²) in [5.74, 6) is -0.377. The van der Waals surface area contributed by atoms with Gasteiger partial charge in [0.15, 0.2) is 0 Å². The number of nitrogens with two attached hydrogens (primary N) is 1. The Balaban J connectivity index is 2.19. The number of rotatable bonds is 5. The fourth-order valence-electron chi connectivity index (χ4n) is 1.89. The van der Waals surface area contributed by atoms with Gasteiger partial charge >= 0.3 is 0 Å². The highest BCUT2D eigenvalue weighted by molar-refractivity contribution is 7.17. The molecular formula is C15H17NO2S. The summed E-state index contributed by atoms with van der Waals surface area (Å²) in [5, 5.41) is 0. The molecule has 1 atom stereocenters. The Morgan fingerprint density at radius 3 is 2.47 bits per heavy atom. The molecule has 0 saturated carbocycles. The first-order valence-corrected chi connectivity index (χ1v) is 7.05. The maximum Gasteiger partial charge on any atom is 0.258 e. The van der Waals surface area contributed by atoms with E-state index in [0.29, 0.717) is 11.5 Å². The van der Waals surface area contributed by atoms with Gasteiger partial charge in [-0.2, -0.15) is 0 Å². The quantitative estimate of drug-likeness (QED) is 0.906. The van der Waals surface area contributed by atoms with E-state index in [1.54, 1.807) is 6.07 Å². The van der Waals surface area contributed by atoms with E-state index < -0.39 is 0 Å². The Hall–Kier alpha value is -1.65. The van der Waals surface area contributed by atoms with Gasteiger partial charge in [0.05, 0.1) is 11.0 Å². The van der Waals surface area contributed by atoms with Gasteiger partial charge < -0.3 is 10.5 Å². The Kier molecular flexibility index (Phi) is 4.35. The Morgan fingerprint density at radius 2 is 1.95 bits per heavy atom. The molecule has 2 N–H and O–H groups in total. The van der Waals surface area contributed by atoms with Crippen molar-refractivity contribution in [2.75, 3.05) is 6.61 Å².